The summed E-state index contributed by atoms with van der Waals surface area (Å²) >= 11 is 1.66. The van der Waals surface area contributed by atoms with Crippen molar-refractivity contribution in [2.75, 3.05) is 18.8 Å². The molecule has 7 heteroatoms. The van der Waals surface area contributed by atoms with Crippen LogP contribution in [-0.2, 0) is 14.0 Å². The summed E-state index contributed by atoms with van der Waals surface area (Å²) in [6, 6.07) is 0.0513. The molecule has 0 aromatic rings. The summed E-state index contributed by atoms with van der Waals surface area (Å²) in [6.07, 6.45) is 3.03. The zero-order valence-electron chi connectivity index (χ0n) is 20.9. The van der Waals surface area contributed by atoms with Crippen molar-refractivity contribution in [2.45, 2.75) is 98.3 Å². The van der Waals surface area contributed by atoms with Crippen LogP contribution in [0.25, 0.3) is 0 Å². The summed E-state index contributed by atoms with van der Waals surface area (Å²) < 4.78 is 14.6. The molecule has 1 aliphatic heterocycles. The van der Waals surface area contributed by atoms with Gasteiger partial charge in [-0.15, -0.1) is 11.8 Å². The first-order chi connectivity index (χ1) is 13.0. The van der Waals surface area contributed by atoms with Gasteiger partial charge in [-0.1, -0.05) is 54.6 Å². The van der Waals surface area contributed by atoms with Crippen LogP contribution in [0.4, 0.5) is 0 Å². The summed E-state index contributed by atoms with van der Waals surface area (Å²) in [4.78, 5) is 13.5. The fourth-order valence-electron chi connectivity index (χ4n) is 3.74. The van der Waals surface area contributed by atoms with Crippen LogP contribution in [0.2, 0.25) is 31.2 Å². The lowest BCUT2D eigenvalue weighted by atomic mass is 9.81. The molecule has 1 unspecified atom stereocenters. The molecule has 4 nitrogen and oxygen atoms in total. The highest BCUT2D eigenvalue weighted by molar-refractivity contribution is 7.98. The Balaban J connectivity index is 3.43. The van der Waals surface area contributed by atoms with E-state index in [0.717, 1.165) is 17.6 Å². The second kappa shape index (κ2) is 10.0. The van der Waals surface area contributed by atoms with Crippen LogP contribution in [0, 0.1) is 5.41 Å². The fourth-order valence-corrected chi connectivity index (χ4v) is 7.27. The maximum atomic E-state index is 13.5. The van der Waals surface area contributed by atoms with Gasteiger partial charge in [-0.05, 0) is 48.7 Å². The van der Waals surface area contributed by atoms with Crippen molar-refractivity contribution < 1.29 is 14.0 Å². The highest BCUT2D eigenvalue weighted by Crippen LogP contribution is 2.47. The number of β-lactam (4-membered cyclic amide) rings is 1. The monoisotopic (exact) mass is 459 g/mol. The Morgan fingerprint density at radius 1 is 1.21 bits per heavy atom. The zero-order chi connectivity index (χ0) is 22.8. The summed E-state index contributed by atoms with van der Waals surface area (Å²) in [5, 5.41) is 0.0945. The van der Waals surface area contributed by atoms with E-state index < -0.39 is 17.3 Å². The molecule has 0 bridgehead atoms. The number of rotatable bonds is 9. The summed E-state index contributed by atoms with van der Waals surface area (Å²) in [5.74, 6) is 0.857. The molecule has 0 aromatic heterocycles. The molecule has 170 valence electrons. The number of carbonyl (C=O) groups is 1. The van der Waals surface area contributed by atoms with Crippen molar-refractivity contribution in [3.05, 3.63) is 11.1 Å². The molecule has 2 atom stereocenters. The molecule has 0 aliphatic carbocycles. The van der Waals surface area contributed by atoms with Gasteiger partial charge in [-0.3, -0.25) is 4.79 Å². The summed E-state index contributed by atoms with van der Waals surface area (Å²) in [6.45, 7) is 25.3. The number of ether oxygens (including phenoxy) is 1. The summed E-state index contributed by atoms with van der Waals surface area (Å²) in [7, 11) is -3.29. The smallest absolute Gasteiger partial charge is 0.244 e. The van der Waals surface area contributed by atoms with E-state index in [1.807, 2.05) is 6.26 Å². The van der Waals surface area contributed by atoms with Crippen LogP contribution in [-0.4, -0.2) is 58.7 Å². The van der Waals surface area contributed by atoms with Crippen molar-refractivity contribution >= 4 is 34.9 Å². The molecular formula is C22H45NO3SSi2. The third kappa shape index (κ3) is 6.69. The third-order valence-corrected chi connectivity index (χ3v) is 12.7. The first kappa shape index (κ1) is 26.9. The van der Waals surface area contributed by atoms with Crippen molar-refractivity contribution in [3.8, 4) is 0 Å². The molecule has 1 amide bonds. The Morgan fingerprint density at radius 3 is 2.17 bits per heavy atom. The van der Waals surface area contributed by atoms with E-state index in [4.69, 9.17) is 9.16 Å². The van der Waals surface area contributed by atoms with E-state index in [9.17, 15) is 4.79 Å². The largest absolute Gasteiger partial charge is 0.415 e. The number of thioether (sulfide) groups is 1. The number of carbonyl (C=O) groups excluding carboxylic acids is 1. The lowest BCUT2D eigenvalue weighted by Gasteiger charge is -2.59. The number of amides is 1. The number of hydrogen-bond donors (Lipinski definition) is 0. The fraction of sp³-hybridized carbons (Fsp3) is 0.864. The van der Waals surface area contributed by atoms with Crippen LogP contribution in [0.5, 0.6) is 0 Å². The van der Waals surface area contributed by atoms with Gasteiger partial charge in [0.05, 0.1) is 24.7 Å². The topological polar surface area (TPSA) is 38.8 Å². The second-order valence-corrected chi connectivity index (χ2v) is 19.6. The van der Waals surface area contributed by atoms with E-state index in [2.05, 4.69) is 79.2 Å². The Morgan fingerprint density at radius 2 is 1.76 bits per heavy atom. The highest BCUT2D eigenvalue weighted by Gasteiger charge is 2.57. The van der Waals surface area contributed by atoms with Gasteiger partial charge in [-0.25, -0.2) is 0 Å². The minimum absolute atomic E-state index is 0.0513. The predicted molar refractivity (Wildman–Crippen MR) is 133 cm³/mol. The average molecular weight is 460 g/mol. The van der Waals surface area contributed by atoms with Gasteiger partial charge in [0.1, 0.15) is 0 Å². The van der Waals surface area contributed by atoms with Crippen molar-refractivity contribution in [1.82, 2.24) is 4.57 Å². The van der Waals surface area contributed by atoms with Crippen LogP contribution in [0.3, 0.4) is 0 Å². The predicted octanol–water partition coefficient (Wildman–Crippen LogP) is 5.66. The molecule has 0 saturated carbocycles. The Kier molecular flexibility index (Phi) is 9.31. The normalized spacial score (nSPS) is 21.5. The minimum atomic E-state index is -2.02. The standard InChI is InChI=1S/C22H45NO3SSi2/c1-16(14-25-15-27-8)18-19(17(26-28(9)10)13-21(2,3)4)23(20(18)24)29(11,12)22(5,6)7/h17,19,28H,13-15H2,1-12H3/b18-16+/t17?,19-/m0/s1. The molecule has 1 saturated heterocycles. The van der Waals surface area contributed by atoms with Crippen LogP contribution < -0.4 is 0 Å². The number of nitrogens with zero attached hydrogens (tertiary/aromatic N) is 1. The number of hydrogen-bond acceptors (Lipinski definition) is 4. The summed E-state index contributed by atoms with van der Waals surface area (Å²) in [5.41, 5.74) is 2.15. The van der Waals surface area contributed by atoms with Crippen molar-refractivity contribution in [2.24, 2.45) is 5.41 Å². The molecule has 0 N–H and O–H groups in total. The van der Waals surface area contributed by atoms with Crippen molar-refractivity contribution in [1.29, 1.82) is 0 Å². The lowest BCUT2D eigenvalue weighted by Crippen LogP contribution is -2.73. The van der Waals surface area contributed by atoms with E-state index in [1.165, 1.54) is 0 Å². The van der Waals surface area contributed by atoms with E-state index >= 15 is 0 Å². The third-order valence-electron chi connectivity index (χ3n) is 6.05. The van der Waals surface area contributed by atoms with Crippen molar-refractivity contribution in [3.63, 3.8) is 0 Å². The molecule has 0 aromatic carbocycles. The van der Waals surface area contributed by atoms with Crippen LogP contribution >= 0.6 is 11.8 Å². The van der Waals surface area contributed by atoms with Gasteiger partial charge in [0.25, 0.3) is 0 Å². The molecule has 1 aliphatic rings. The molecule has 29 heavy (non-hydrogen) atoms. The average Bonchev–Trinajstić information content (AvgIpc) is 2.48. The lowest BCUT2D eigenvalue weighted by molar-refractivity contribution is -0.135. The minimum Gasteiger partial charge on any atom is -0.415 e. The molecule has 0 radical (unpaired) electrons. The van der Waals surface area contributed by atoms with Gasteiger partial charge in [0.2, 0.25) is 5.91 Å². The van der Waals surface area contributed by atoms with Gasteiger partial charge in [-0.2, -0.15) is 0 Å². The Hall–Kier alpha value is -0.0862. The van der Waals surface area contributed by atoms with Gasteiger partial charge in [0.15, 0.2) is 17.3 Å². The SMILES string of the molecule is CSCOC/C(C)=C1/C(=O)N([Si](C)(C)C(C)(C)C)[C@H]1C(CC(C)(C)C)O[SiH](C)C. The molecular weight excluding hydrogens is 414 g/mol. The first-order valence-corrected chi connectivity index (χ1v) is 17.9. The van der Waals surface area contributed by atoms with Crippen LogP contribution in [0.15, 0.2) is 11.1 Å². The van der Waals surface area contributed by atoms with Gasteiger partial charge in [0, 0.05) is 5.57 Å². The molecule has 1 heterocycles. The van der Waals surface area contributed by atoms with Gasteiger partial charge >= 0.3 is 0 Å². The Labute approximate surface area is 187 Å². The zero-order valence-corrected chi connectivity index (χ0v) is 23.9. The second-order valence-electron chi connectivity index (χ2n) is 11.4. The van der Waals surface area contributed by atoms with Crippen LogP contribution in [0.1, 0.15) is 54.9 Å². The maximum absolute atomic E-state index is 13.5. The first-order valence-electron chi connectivity index (χ1n) is 10.8. The Bertz CT molecular complexity index is 606. The molecule has 0 spiro atoms. The van der Waals surface area contributed by atoms with E-state index in [1.54, 1.807) is 11.8 Å². The van der Waals surface area contributed by atoms with Gasteiger partial charge < -0.3 is 13.7 Å². The molecule has 1 fully saturated rings. The quantitative estimate of drug-likeness (QED) is 0.147. The van der Waals surface area contributed by atoms with E-state index in [-0.39, 0.29) is 28.5 Å². The highest BCUT2D eigenvalue weighted by atomic mass is 32.2. The van der Waals surface area contributed by atoms with E-state index in [0.29, 0.717) is 12.5 Å². The molecule has 1 rings (SSSR count). The maximum Gasteiger partial charge on any atom is 0.244 e.